The number of carbonyl (C=O) groups is 2. The molecule has 1 heterocycles. The first-order valence-electron chi connectivity index (χ1n) is 6.63. The quantitative estimate of drug-likeness (QED) is 0.578. The Morgan fingerprint density at radius 3 is 2.88 bits per heavy atom. The summed E-state index contributed by atoms with van der Waals surface area (Å²) >= 11 is 7.85. The molecule has 1 aromatic heterocycles. The van der Waals surface area contributed by atoms with E-state index in [1.165, 1.54) is 12.1 Å². The molecule has 0 unspecified atom stereocenters. The summed E-state index contributed by atoms with van der Waals surface area (Å²) in [6.45, 7) is 1.93. The first kappa shape index (κ1) is 18.4. The third-order valence-electron chi connectivity index (χ3n) is 2.42. The standard InChI is InChI=1S/C13H12ClFN4O3S2/c1-2-22-12(21)17-11-18-19-13(24-11)23-6-10(20)16-9-4-3-7(14)5-8(9)15/h3-5H,2,6H2,1H3,(H,16,20)(H,17,18,21). The Kier molecular flexibility index (Phi) is 6.76. The summed E-state index contributed by atoms with van der Waals surface area (Å²) in [7, 11) is 0. The molecule has 2 aromatic rings. The van der Waals surface area contributed by atoms with E-state index in [9.17, 15) is 14.0 Å². The predicted octanol–water partition coefficient (Wildman–Crippen LogP) is 3.63. The molecule has 1 aromatic carbocycles. The first-order chi connectivity index (χ1) is 11.5. The first-order valence-corrected chi connectivity index (χ1v) is 8.81. The fourth-order valence-electron chi connectivity index (χ4n) is 1.48. The number of anilines is 2. The molecule has 0 aliphatic carbocycles. The van der Waals surface area contributed by atoms with Gasteiger partial charge in [-0.2, -0.15) is 0 Å². The molecule has 0 fully saturated rings. The second-order valence-corrected chi connectivity index (χ2v) is 6.82. The van der Waals surface area contributed by atoms with Crippen molar-refractivity contribution in [1.82, 2.24) is 10.2 Å². The van der Waals surface area contributed by atoms with Gasteiger partial charge in [0.25, 0.3) is 0 Å². The van der Waals surface area contributed by atoms with Crippen LogP contribution in [0.2, 0.25) is 5.02 Å². The Balaban J connectivity index is 1.83. The molecule has 0 radical (unpaired) electrons. The number of rotatable bonds is 6. The summed E-state index contributed by atoms with van der Waals surface area (Å²) in [5.74, 6) is -1.01. The van der Waals surface area contributed by atoms with Gasteiger partial charge in [-0.25, -0.2) is 9.18 Å². The maximum Gasteiger partial charge on any atom is 0.413 e. The fraction of sp³-hybridized carbons (Fsp3) is 0.231. The zero-order valence-corrected chi connectivity index (χ0v) is 14.7. The maximum absolute atomic E-state index is 13.6. The Bertz CT molecular complexity index is 744. The summed E-state index contributed by atoms with van der Waals surface area (Å²) in [6.07, 6.45) is -0.624. The van der Waals surface area contributed by atoms with Gasteiger partial charge < -0.3 is 10.1 Å². The highest BCUT2D eigenvalue weighted by molar-refractivity contribution is 8.01. The predicted molar refractivity (Wildman–Crippen MR) is 91.3 cm³/mol. The number of hydrogen-bond donors (Lipinski definition) is 2. The number of ether oxygens (including phenoxy) is 1. The van der Waals surface area contributed by atoms with Crippen LogP contribution < -0.4 is 10.6 Å². The highest BCUT2D eigenvalue weighted by Crippen LogP contribution is 2.26. The molecule has 0 atom stereocenters. The summed E-state index contributed by atoms with van der Waals surface area (Å²) in [5, 5.41) is 12.9. The molecule has 24 heavy (non-hydrogen) atoms. The molecule has 0 spiro atoms. The van der Waals surface area contributed by atoms with Gasteiger partial charge in [-0.3, -0.25) is 10.1 Å². The SMILES string of the molecule is CCOC(=O)Nc1nnc(SCC(=O)Nc2ccc(Cl)cc2F)s1. The number of benzene rings is 1. The number of carbonyl (C=O) groups excluding carboxylic acids is 2. The molecule has 0 bridgehead atoms. The van der Waals surface area contributed by atoms with E-state index in [-0.39, 0.29) is 28.2 Å². The summed E-state index contributed by atoms with van der Waals surface area (Å²) in [6, 6.07) is 3.97. The number of amides is 2. The van der Waals surface area contributed by atoms with E-state index in [0.29, 0.717) is 4.34 Å². The molecule has 2 N–H and O–H groups in total. The van der Waals surface area contributed by atoms with Gasteiger partial charge in [-0.05, 0) is 25.1 Å². The molecular weight excluding hydrogens is 379 g/mol. The highest BCUT2D eigenvalue weighted by atomic mass is 35.5. The van der Waals surface area contributed by atoms with Gasteiger partial charge in [-0.15, -0.1) is 10.2 Å². The van der Waals surface area contributed by atoms with Crippen molar-refractivity contribution < 1.29 is 18.7 Å². The minimum absolute atomic E-state index is 0.0100. The second-order valence-electron chi connectivity index (χ2n) is 4.18. The van der Waals surface area contributed by atoms with Gasteiger partial charge in [-0.1, -0.05) is 34.7 Å². The van der Waals surface area contributed by atoms with E-state index in [4.69, 9.17) is 16.3 Å². The Morgan fingerprint density at radius 2 is 2.17 bits per heavy atom. The Labute approximate surface area is 149 Å². The number of aromatic nitrogens is 2. The molecule has 128 valence electrons. The van der Waals surface area contributed by atoms with Crippen molar-refractivity contribution in [2.45, 2.75) is 11.3 Å². The zero-order valence-electron chi connectivity index (χ0n) is 12.3. The van der Waals surface area contributed by atoms with Crippen LogP contribution in [0.5, 0.6) is 0 Å². The van der Waals surface area contributed by atoms with Gasteiger partial charge in [0, 0.05) is 5.02 Å². The molecule has 2 rings (SSSR count). The summed E-state index contributed by atoms with van der Waals surface area (Å²) < 4.78 is 18.8. The van der Waals surface area contributed by atoms with E-state index in [1.54, 1.807) is 6.92 Å². The van der Waals surface area contributed by atoms with Crippen molar-refractivity contribution in [3.05, 3.63) is 29.0 Å². The number of thioether (sulfide) groups is 1. The van der Waals surface area contributed by atoms with Crippen molar-refractivity contribution in [1.29, 1.82) is 0 Å². The lowest BCUT2D eigenvalue weighted by Gasteiger charge is -2.05. The van der Waals surface area contributed by atoms with E-state index in [1.807, 2.05) is 0 Å². The number of hydrogen-bond acceptors (Lipinski definition) is 7. The molecular formula is C13H12ClFN4O3S2. The number of halogens is 2. The second kappa shape index (κ2) is 8.81. The third-order valence-corrected chi connectivity index (χ3v) is 4.63. The lowest BCUT2D eigenvalue weighted by molar-refractivity contribution is -0.113. The van der Waals surface area contributed by atoms with Crippen LogP contribution in [-0.2, 0) is 9.53 Å². The maximum atomic E-state index is 13.6. The molecule has 0 aliphatic heterocycles. The Morgan fingerprint density at radius 1 is 1.38 bits per heavy atom. The average Bonchev–Trinajstić information content (AvgIpc) is 2.96. The zero-order chi connectivity index (χ0) is 17.5. The summed E-state index contributed by atoms with van der Waals surface area (Å²) in [4.78, 5) is 23.1. The molecule has 7 nitrogen and oxygen atoms in total. The lowest BCUT2D eigenvalue weighted by Crippen LogP contribution is -2.14. The minimum atomic E-state index is -0.624. The normalized spacial score (nSPS) is 10.3. The van der Waals surface area contributed by atoms with Crippen LogP contribution in [-0.4, -0.2) is 34.6 Å². The smallest absolute Gasteiger partial charge is 0.413 e. The molecule has 0 aliphatic rings. The largest absolute Gasteiger partial charge is 0.450 e. The van der Waals surface area contributed by atoms with Crippen LogP contribution in [0.25, 0.3) is 0 Å². The van der Waals surface area contributed by atoms with Crippen molar-refractivity contribution in [3.63, 3.8) is 0 Å². The number of nitrogens with one attached hydrogen (secondary N) is 2. The van der Waals surface area contributed by atoms with Crippen molar-refractivity contribution in [3.8, 4) is 0 Å². The average molecular weight is 391 g/mol. The van der Waals surface area contributed by atoms with Crippen molar-refractivity contribution in [2.75, 3.05) is 23.0 Å². The van der Waals surface area contributed by atoms with E-state index < -0.39 is 17.8 Å². The third kappa shape index (κ3) is 5.62. The van der Waals surface area contributed by atoms with Gasteiger partial charge in [0.15, 0.2) is 4.34 Å². The van der Waals surface area contributed by atoms with Crippen molar-refractivity contribution >= 4 is 57.5 Å². The Hall–Kier alpha value is -1.91. The molecule has 0 saturated carbocycles. The molecule has 11 heteroatoms. The van der Waals surface area contributed by atoms with Crippen LogP contribution in [0, 0.1) is 5.82 Å². The fourth-order valence-corrected chi connectivity index (χ4v) is 3.17. The van der Waals surface area contributed by atoms with Gasteiger partial charge >= 0.3 is 6.09 Å². The van der Waals surface area contributed by atoms with Gasteiger partial charge in [0.05, 0.1) is 18.0 Å². The van der Waals surface area contributed by atoms with E-state index >= 15 is 0 Å². The highest BCUT2D eigenvalue weighted by Gasteiger charge is 2.12. The summed E-state index contributed by atoms with van der Waals surface area (Å²) in [5.41, 5.74) is 0.0481. The van der Waals surface area contributed by atoms with Crippen LogP contribution >= 0.6 is 34.7 Å². The lowest BCUT2D eigenvalue weighted by atomic mass is 10.3. The van der Waals surface area contributed by atoms with Gasteiger partial charge in [0.2, 0.25) is 11.0 Å². The topological polar surface area (TPSA) is 93.2 Å². The monoisotopic (exact) mass is 390 g/mol. The van der Waals surface area contributed by atoms with Crippen LogP contribution in [0.1, 0.15) is 6.92 Å². The van der Waals surface area contributed by atoms with Crippen LogP contribution in [0.4, 0.5) is 20.0 Å². The van der Waals surface area contributed by atoms with Gasteiger partial charge in [0.1, 0.15) is 5.82 Å². The van der Waals surface area contributed by atoms with Crippen molar-refractivity contribution in [2.24, 2.45) is 0 Å². The van der Waals surface area contributed by atoms with Crippen LogP contribution in [0.15, 0.2) is 22.5 Å². The number of nitrogens with zero attached hydrogens (tertiary/aromatic N) is 2. The van der Waals surface area contributed by atoms with E-state index in [0.717, 1.165) is 29.2 Å². The van der Waals surface area contributed by atoms with Crippen LogP contribution in [0.3, 0.4) is 0 Å². The molecule has 0 saturated heterocycles. The minimum Gasteiger partial charge on any atom is -0.450 e. The van der Waals surface area contributed by atoms with E-state index in [2.05, 4.69) is 20.8 Å². The molecule has 2 amide bonds.